The van der Waals surface area contributed by atoms with Gasteiger partial charge in [-0.05, 0) is 19.3 Å². The minimum Gasteiger partial charge on any atom is -0.481 e. The summed E-state index contributed by atoms with van der Waals surface area (Å²) in [5, 5.41) is 17.7. The molecule has 2 N–H and O–H groups in total. The number of rotatable bonds is 24. The fourth-order valence-electron chi connectivity index (χ4n) is 4.11. The Morgan fingerprint density at radius 3 is 1.26 bits per heavy atom. The molecule has 0 amide bonds. The molecule has 1 unspecified atom stereocenters. The zero-order valence-corrected chi connectivity index (χ0v) is 20.0. The molecule has 0 saturated heterocycles. The molecule has 0 aliphatic heterocycles. The number of hydrogen-bond acceptors (Lipinski definition) is 3. The lowest BCUT2D eigenvalue weighted by Crippen LogP contribution is -2.17. The van der Waals surface area contributed by atoms with Crippen LogP contribution in [0, 0.1) is 5.92 Å². The van der Waals surface area contributed by atoms with E-state index in [1.54, 1.807) is 0 Å². The number of Topliss-reactive ketones (excluding diaryl/α,β-unsaturated/α-hetero) is 1. The molecule has 1 atom stereocenters. The van der Waals surface area contributed by atoms with Crippen LogP contribution in [0.5, 0.6) is 0 Å². The summed E-state index contributed by atoms with van der Waals surface area (Å²) in [6, 6.07) is 0. The lowest BCUT2D eigenvalue weighted by atomic mass is 9.95. The van der Waals surface area contributed by atoms with Gasteiger partial charge < -0.3 is 10.2 Å². The topological polar surface area (TPSA) is 91.7 Å². The largest absolute Gasteiger partial charge is 0.481 e. The molecule has 0 heterocycles. The van der Waals surface area contributed by atoms with E-state index in [2.05, 4.69) is 0 Å². The number of ketones is 1. The lowest BCUT2D eigenvalue weighted by Gasteiger charge is -2.09. The van der Waals surface area contributed by atoms with E-state index >= 15 is 0 Å². The molecule has 31 heavy (non-hydrogen) atoms. The highest BCUT2D eigenvalue weighted by molar-refractivity contribution is 5.83. The van der Waals surface area contributed by atoms with Crippen LogP contribution >= 0.6 is 0 Å². The van der Waals surface area contributed by atoms with Gasteiger partial charge in [-0.15, -0.1) is 0 Å². The van der Waals surface area contributed by atoms with Gasteiger partial charge in [0.25, 0.3) is 0 Å². The van der Waals surface area contributed by atoms with Crippen LogP contribution in [0.2, 0.25) is 0 Å². The molecule has 0 aromatic carbocycles. The molecular formula is C26H48O5. The fraction of sp³-hybridized carbons (Fsp3) is 0.885. The number of carbonyl (C=O) groups is 3. The number of carboxylic acid groups (broad SMARTS) is 2. The molecule has 0 radical (unpaired) electrons. The molecule has 182 valence electrons. The monoisotopic (exact) mass is 440 g/mol. The van der Waals surface area contributed by atoms with E-state index < -0.39 is 17.9 Å². The van der Waals surface area contributed by atoms with Gasteiger partial charge in [-0.2, -0.15) is 0 Å². The molecule has 5 heteroatoms. The van der Waals surface area contributed by atoms with Crippen molar-refractivity contribution in [1.29, 1.82) is 0 Å². The van der Waals surface area contributed by atoms with Crippen molar-refractivity contribution in [1.82, 2.24) is 0 Å². The van der Waals surface area contributed by atoms with Crippen LogP contribution in [-0.4, -0.2) is 27.9 Å². The minimum atomic E-state index is -0.833. The van der Waals surface area contributed by atoms with Gasteiger partial charge in [0.15, 0.2) is 0 Å². The van der Waals surface area contributed by atoms with Crippen molar-refractivity contribution in [2.45, 2.75) is 142 Å². The normalized spacial score (nSPS) is 12.0. The number of unbranched alkanes of at least 4 members (excludes halogenated alkanes) is 15. The Hall–Kier alpha value is -1.39. The molecular weight excluding hydrogens is 392 g/mol. The molecule has 5 nitrogen and oxygen atoms in total. The highest BCUT2D eigenvalue weighted by atomic mass is 16.4. The van der Waals surface area contributed by atoms with Crippen LogP contribution < -0.4 is 0 Å². The number of carboxylic acids is 2. The fourth-order valence-corrected chi connectivity index (χ4v) is 4.11. The van der Waals surface area contributed by atoms with E-state index in [9.17, 15) is 14.4 Å². The van der Waals surface area contributed by atoms with E-state index in [4.69, 9.17) is 10.2 Å². The van der Waals surface area contributed by atoms with E-state index in [0.717, 1.165) is 32.1 Å². The second kappa shape index (κ2) is 21.8. The number of carbonyl (C=O) groups excluding carboxylic acids is 1. The van der Waals surface area contributed by atoms with Crippen LogP contribution in [-0.2, 0) is 14.4 Å². The SMILES string of the molecule is CCCC(CC(=O)CCCCCCCCCCCCCCCCCCC(=O)O)C(=O)O. The summed E-state index contributed by atoms with van der Waals surface area (Å²) >= 11 is 0. The second-order valence-electron chi connectivity index (χ2n) is 9.12. The van der Waals surface area contributed by atoms with Gasteiger partial charge in [-0.25, -0.2) is 0 Å². The molecule has 0 fully saturated rings. The minimum absolute atomic E-state index is 0.110. The molecule has 0 saturated carbocycles. The molecule has 0 aromatic rings. The Labute approximate surface area is 190 Å². The third kappa shape index (κ3) is 21.6. The summed E-state index contributed by atoms with van der Waals surface area (Å²) in [5.74, 6) is -1.89. The van der Waals surface area contributed by atoms with Crippen LogP contribution in [0.25, 0.3) is 0 Å². The van der Waals surface area contributed by atoms with Gasteiger partial charge in [0.1, 0.15) is 5.78 Å². The Morgan fingerprint density at radius 1 is 0.581 bits per heavy atom. The van der Waals surface area contributed by atoms with Gasteiger partial charge in [0, 0.05) is 19.3 Å². The van der Waals surface area contributed by atoms with Crippen molar-refractivity contribution in [3.05, 3.63) is 0 Å². The predicted molar refractivity (Wildman–Crippen MR) is 126 cm³/mol. The maximum absolute atomic E-state index is 11.9. The van der Waals surface area contributed by atoms with Crippen molar-refractivity contribution in [2.24, 2.45) is 5.92 Å². The van der Waals surface area contributed by atoms with Gasteiger partial charge in [-0.1, -0.05) is 103 Å². The first-order valence-corrected chi connectivity index (χ1v) is 12.9. The molecule has 0 bridgehead atoms. The van der Waals surface area contributed by atoms with Crippen LogP contribution in [0.15, 0.2) is 0 Å². The first-order chi connectivity index (χ1) is 15.0. The first kappa shape index (κ1) is 29.6. The summed E-state index contributed by atoms with van der Waals surface area (Å²) < 4.78 is 0. The third-order valence-corrected chi connectivity index (χ3v) is 6.06. The van der Waals surface area contributed by atoms with Gasteiger partial charge in [0.2, 0.25) is 0 Å². The molecule has 0 aliphatic carbocycles. The molecule has 0 spiro atoms. The summed E-state index contributed by atoms with van der Waals surface area (Å²) in [4.78, 5) is 33.5. The third-order valence-electron chi connectivity index (χ3n) is 6.06. The Balaban J connectivity index is 3.29. The van der Waals surface area contributed by atoms with Crippen molar-refractivity contribution >= 4 is 17.7 Å². The zero-order valence-electron chi connectivity index (χ0n) is 20.0. The molecule has 0 aliphatic rings. The van der Waals surface area contributed by atoms with Gasteiger partial charge in [0.05, 0.1) is 5.92 Å². The van der Waals surface area contributed by atoms with Crippen LogP contribution in [0.1, 0.15) is 142 Å². The number of hydrogen-bond donors (Lipinski definition) is 2. The average Bonchev–Trinajstić information content (AvgIpc) is 2.72. The Kier molecular flexibility index (Phi) is 20.8. The van der Waals surface area contributed by atoms with Gasteiger partial charge in [-0.3, -0.25) is 14.4 Å². The van der Waals surface area contributed by atoms with Crippen molar-refractivity contribution in [3.8, 4) is 0 Å². The molecule has 0 rings (SSSR count). The summed E-state index contributed by atoms with van der Waals surface area (Å²) in [6.45, 7) is 1.96. The second-order valence-corrected chi connectivity index (χ2v) is 9.12. The van der Waals surface area contributed by atoms with Crippen molar-refractivity contribution < 1.29 is 24.6 Å². The van der Waals surface area contributed by atoms with E-state index in [0.29, 0.717) is 19.3 Å². The van der Waals surface area contributed by atoms with E-state index in [-0.39, 0.29) is 12.2 Å². The predicted octanol–water partition coefficient (Wildman–Crippen LogP) is 7.55. The van der Waals surface area contributed by atoms with E-state index in [1.165, 1.54) is 77.0 Å². The van der Waals surface area contributed by atoms with Gasteiger partial charge >= 0.3 is 11.9 Å². The summed E-state index contributed by atoms with van der Waals surface area (Å²) in [5.41, 5.74) is 0. The van der Waals surface area contributed by atoms with Crippen LogP contribution in [0.4, 0.5) is 0 Å². The van der Waals surface area contributed by atoms with Crippen LogP contribution in [0.3, 0.4) is 0 Å². The highest BCUT2D eigenvalue weighted by Crippen LogP contribution is 2.16. The van der Waals surface area contributed by atoms with Crippen molar-refractivity contribution in [2.75, 3.05) is 0 Å². The summed E-state index contributed by atoms with van der Waals surface area (Å²) in [7, 11) is 0. The Morgan fingerprint density at radius 2 is 0.935 bits per heavy atom. The quantitative estimate of drug-likeness (QED) is 0.151. The standard InChI is InChI=1S/C26H48O5/c1-2-19-23(26(30)31)22-24(27)20-17-15-13-11-9-7-5-3-4-6-8-10-12-14-16-18-21-25(28)29/h23H,2-22H2,1H3,(H,28,29)(H,30,31). The molecule has 0 aromatic heterocycles. The Bertz CT molecular complexity index is 461. The first-order valence-electron chi connectivity index (χ1n) is 12.9. The smallest absolute Gasteiger partial charge is 0.306 e. The summed E-state index contributed by atoms with van der Waals surface area (Å²) in [6.07, 6.45) is 21.6. The van der Waals surface area contributed by atoms with E-state index in [1.807, 2.05) is 6.92 Å². The maximum atomic E-state index is 11.9. The average molecular weight is 441 g/mol. The highest BCUT2D eigenvalue weighted by Gasteiger charge is 2.19. The zero-order chi connectivity index (χ0) is 23.2. The lowest BCUT2D eigenvalue weighted by molar-refractivity contribution is -0.144. The maximum Gasteiger partial charge on any atom is 0.306 e. The van der Waals surface area contributed by atoms with Crippen molar-refractivity contribution in [3.63, 3.8) is 0 Å². The number of aliphatic carboxylic acids is 2.